The lowest BCUT2D eigenvalue weighted by molar-refractivity contribution is 0.249. The highest BCUT2D eigenvalue weighted by Gasteiger charge is 2.15. The van der Waals surface area contributed by atoms with Crippen molar-refractivity contribution in [3.63, 3.8) is 0 Å². The zero-order chi connectivity index (χ0) is 13.9. The molecule has 0 spiro atoms. The van der Waals surface area contributed by atoms with Gasteiger partial charge in [-0.3, -0.25) is 0 Å². The summed E-state index contributed by atoms with van der Waals surface area (Å²) < 4.78 is 5.94. The average Bonchev–Trinajstić information content (AvgIpc) is 2.76. The molecule has 2 aromatic rings. The van der Waals surface area contributed by atoms with Crippen molar-refractivity contribution in [2.45, 2.75) is 33.1 Å². The number of ether oxygens (including phenoxy) is 1. The van der Waals surface area contributed by atoms with Gasteiger partial charge >= 0.3 is 0 Å². The van der Waals surface area contributed by atoms with E-state index >= 15 is 0 Å². The first kappa shape index (κ1) is 13.8. The Morgan fingerprint density at radius 2 is 2.30 bits per heavy atom. The minimum atomic E-state index is 0.742. The summed E-state index contributed by atoms with van der Waals surface area (Å²) in [4.78, 5) is 11.0. The quantitative estimate of drug-likeness (QED) is 0.940. The molecule has 0 aromatic carbocycles. The number of aryl methyl sites for hydroxylation is 2. The van der Waals surface area contributed by atoms with Crippen molar-refractivity contribution >= 4 is 21.6 Å². The van der Waals surface area contributed by atoms with E-state index < -0.39 is 0 Å². The highest BCUT2D eigenvalue weighted by Crippen LogP contribution is 2.33. The minimum Gasteiger partial charge on any atom is -0.477 e. The van der Waals surface area contributed by atoms with Crippen molar-refractivity contribution in [2.24, 2.45) is 5.92 Å². The molecule has 4 nitrogen and oxygen atoms in total. The SMILES string of the molecule is Cc1sc2ncnc(OCCC3CCCNC3)c2c1C. The lowest BCUT2D eigenvalue weighted by Crippen LogP contribution is -2.30. The maximum atomic E-state index is 5.94. The highest BCUT2D eigenvalue weighted by atomic mass is 32.1. The summed E-state index contributed by atoms with van der Waals surface area (Å²) in [6, 6.07) is 0. The summed E-state index contributed by atoms with van der Waals surface area (Å²) in [5, 5.41) is 4.54. The summed E-state index contributed by atoms with van der Waals surface area (Å²) in [5.74, 6) is 1.49. The van der Waals surface area contributed by atoms with Crippen molar-refractivity contribution in [3.05, 3.63) is 16.8 Å². The Bertz CT molecular complexity index is 590. The molecule has 3 rings (SSSR count). The second kappa shape index (κ2) is 6.06. The first-order valence-corrected chi connectivity index (χ1v) is 8.11. The average molecular weight is 291 g/mol. The van der Waals surface area contributed by atoms with E-state index in [-0.39, 0.29) is 0 Å². The maximum absolute atomic E-state index is 5.94. The van der Waals surface area contributed by atoms with E-state index in [0.29, 0.717) is 0 Å². The number of fused-ring (bicyclic) bond motifs is 1. The van der Waals surface area contributed by atoms with E-state index in [1.807, 2.05) is 0 Å². The number of aromatic nitrogens is 2. The van der Waals surface area contributed by atoms with Crippen LogP contribution in [0.2, 0.25) is 0 Å². The first-order chi connectivity index (χ1) is 9.75. The number of thiophene rings is 1. The Morgan fingerprint density at radius 3 is 3.10 bits per heavy atom. The minimum absolute atomic E-state index is 0.742. The van der Waals surface area contributed by atoms with Gasteiger partial charge < -0.3 is 10.1 Å². The molecule has 5 heteroatoms. The van der Waals surface area contributed by atoms with Gasteiger partial charge in [-0.05, 0) is 57.7 Å². The van der Waals surface area contributed by atoms with Gasteiger partial charge in [-0.1, -0.05) is 0 Å². The molecule has 1 saturated heterocycles. The van der Waals surface area contributed by atoms with Gasteiger partial charge in [0, 0.05) is 4.88 Å². The van der Waals surface area contributed by atoms with E-state index in [0.717, 1.165) is 48.1 Å². The Balaban J connectivity index is 1.68. The van der Waals surface area contributed by atoms with Gasteiger partial charge in [-0.2, -0.15) is 0 Å². The maximum Gasteiger partial charge on any atom is 0.225 e. The molecule has 1 N–H and O–H groups in total. The van der Waals surface area contributed by atoms with Gasteiger partial charge in [0.25, 0.3) is 0 Å². The van der Waals surface area contributed by atoms with Gasteiger partial charge in [0.1, 0.15) is 11.2 Å². The van der Waals surface area contributed by atoms with E-state index in [2.05, 4.69) is 29.1 Å². The number of nitrogens with zero attached hydrogens (tertiary/aromatic N) is 2. The predicted molar refractivity (Wildman–Crippen MR) is 82.6 cm³/mol. The number of rotatable bonds is 4. The Morgan fingerprint density at radius 1 is 1.40 bits per heavy atom. The summed E-state index contributed by atoms with van der Waals surface area (Å²) in [6.07, 6.45) is 5.30. The van der Waals surface area contributed by atoms with Gasteiger partial charge in [0.2, 0.25) is 5.88 Å². The molecule has 0 radical (unpaired) electrons. The third kappa shape index (κ3) is 2.79. The molecule has 2 aromatic heterocycles. The van der Waals surface area contributed by atoms with Crippen molar-refractivity contribution in [1.82, 2.24) is 15.3 Å². The van der Waals surface area contributed by atoms with Crippen LogP contribution in [-0.2, 0) is 0 Å². The predicted octanol–water partition coefficient (Wildman–Crippen LogP) is 3.08. The topological polar surface area (TPSA) is 47.0 Å². The Labute approximate surface area is 123 Å². The third-order valence-electron chi connectivity index (χ3n) is 4.09. The van der Waals surface area contributed by atoms with Crippen LogP contribution in [0.15, 0.2) is 6.33 Å². The molecule has 0 amide bonds. The van der Waals surface area contributed by atoms with Crippen molar-refractivity contribution in [1.29, 1.82) is 0 Å². The molecular formula is C15H21N3OS. The molecule has 1 aliphatic rings. The molecule has 20 heavy (non-hydrogen) atoms. The first-order valence-electron chi connectivity index (χ1n) is 7.30. The number of hydrogen-bond acceptors (Lipinski definition) is 5. The zero-order valence-corrected chi connectivity index (χ0v) is 12.9. The molecule has 1 unspecified atom stereocenters. The van der Waals surface area contributed by atoms with Crippen LogP contribution in [0.5, 0.6) is 5.88 Å². The standard InChI is InChI=1S/C15H21N3OS/c1-10-11(2)20-15-13(10)14(17-9-18-15)19-7-5-12-4-3-6-16-8-12/h9,12,16H,3-8H2,1-2H3. The van der Waals surface area contributed by atoms with E-state index in [4.69, 9.17) is 4.74 Å². The molecule has 0 bridgehead atoms. The Hall–Kier alpha value is -1.20. The monoisotopic (exact) mass is 291 g/mol. The van der Waals surface area contributed by atoms with Crippen molar-refractivity contribution in [2.75, 3.05) is 19.7 Å². The fourth-order valence-corrected chi connectivity index (χ4v) is 3.74. The third-order valence-corrected chi connectivity index (χ3v) is 5.21. The zero-order valence-electron chi connectivity index (χ0n) is 12.1. The second-order valence-electron chi connectivity index (χ2n) is 5.49. The van der Waals surface area contributed by atoms with Crippen LogP contribution in [0.25, 0.3) is 10.2 Å². The summed E-state index contributed by atoms with van der Waals surface area (Å²) in [7, 11) is 0. The van der Waals surface area contributed by atoms with E-state index in [1.54, 1.807) is 17.7 Å². The molecule has 0 saturated carbocycles. The van der Waals surface area contributed by atoms with Gasteiger partial charge in [-0.15, -0.1) is 11.3 Å². The number of piperidine rings is 1. The van der Waals surface area contributed by atoms with Crippen LogP contribution >= 0.6 is 11.3 Å². The lowest BCUT2D eigenvalue weighted by Gasteiger charge is -2.22. The molecule has 108 valence electrons. The normalized spacial score (nSPS) is 19.4. The van der Waals surface area contributed by atoms with E-state index in [1.165, 1.54) is 23.3 Å². The summed E-state index contributed by atoms with van der Waals surface area (Å²) in [6.45, 7) is 7.28. The lowest BCUT2D eigenvalue weighted by atomic mass is 9.97. The number of nitrogens with one attached hydrogen (secondary N) is 1. The highest BCUT2D eigenvalue weighted by molar-refractivity contribution is 7.18. The van der Waals surface area contributed by atoms with Crippen molar-refractivity contribution in [3.8, 4) is 5.88 Å². The molecule has 1 atom stereocenters. The van der Waals surface area contributed by atoms with Gasteiger partial charge in [0.15, 0.2) is 0 Å². The summed E-state index contributed by atoms with van der Waals surface area (Å²) >= 11 is 1.71. The smallest absolute Gasteiger partial charge is 0.225 e. The van der Waals surface area contributed by atoms with Crippen LogP contribution in [0.4, 0.5) is 0 Å². The van der Waals surface area contributed by atoms with Crippen molar-refractivity contribution < 1.29 is 4.74 Å². The molecule has 3 heterocycles. The molecule has 1 aliphatic heterocycles. The molecule has 1 fully saturated rings. The van der Waals surface area contributed by atoms with Crippen LogP contribution in [0.3, 0.4) is 0 Å². The largest absolute Gasteiger partial charge is 0.477 e. The van der Waals surface area contributed by atoms with Crippen LogP contribution in [0, 0.1) is 19.8 Å². The summed E-state index contributed by atoms with van der Waals surface area (Å²) in [5.41, 5.74) is 1.25. The van der Waals surface area contributed by atoms with Gasteiger partial charge in [-0.25, -0.2) is 9.97 Å². The van der Waals surface area contributed by atoms with E-state index in [9.17, 15) is 0 Å². The van der Waals surface area contributed by atoms with Crippen LogP contribution < -0.4 is 10.1 Å². The molecular weight excluding hydrogens is 270 g/mol. The second-order valence-corrected chi connectivity index (χ2v) is 6.69. The fraction of sp³-hybridized carbons (Fsp3) is 0.600. The van der Waals surface area contributed by atoms with Crippen LogP contribution in [0.1, 0.15) is 29.7 Å². The van der Waals surface area contributed by atoms with Crippen LogP contribution in [-0.4, -0.2) is 29.7 Å². The molecule has 0 aliphatic carbocycles. The fourth-order valence-electron chi connectivity index (χ4n) is 2.75. The van der Waals surface area contributed by atoms with Gasteiger partial charge in [0.05, 0.1) is 12.0 Å². The number of hydrogen-bond donors (Lipinski definition) is 1. The Kier molecular flexibility index (Phi) is 4.17.